The normalized spacial score (nSPS) is 10.2. The highest BCUT2D eigenvalue weighted by Gasteiger charge is 2.21. The standard InChI is InChI=1S/C16H14ClNO2/c1-11-6-3-4-9-14(11)16(20)18(2)15(19)12-7-5-8-13(17)10-12/h3-10H,1-2H3. The lowest BCUT2D eigenvalue weighted by molar-refractivity contribution is 0.0655. The second-order valence-electron chi connectivity index (χ2n) is 4.49. The van der Waals surface area contributed by atoms with E-state index >= 15 is 0 Å². The van der Waals surface area contributed by atoms with E-state index in [1.54, 1.807) is 36.4 Å². The van der Waals surface area contributed by atoms with Crippen LogP contribution in [0.25, 0.3) is 0 Å². The van der Waals surface area contributed by atoms with Gasteiger partial charge in [0.25, 0.3) is 11.8 Å². The maximum absolute atomic E-state index is 12.3. The van der Waals surface area contributed by atoms with Crippen molar-refractivity contribution in [2.75, 3.05) is 7.05 Å². The minimum Gasteiger partial charge on any atom is -0.278 e. The highest BCUT2D eigenvalue weighted by Crippen LogP contribution is 2.15. The summed E-state index contributed by atoms with van der Waals surface area (Å²) in [5.74, 6) is -0.700. The van der Waals surface area contributed by atoms with Gasteiger partial charge in [0.05, 0.1) is 0 Å². The predicted molar refractivity (Wildman–Crippen MR) is 79.1 cm³/mol. The molecule has 3 nitrogen and oxygen atoms in total. The Balaban J connectivity index is 2.27. The van der Waals surface area contributed by atoms with Crippen molar-refractivity contribution in [2.45, 2.75) is 6.92 Å². The molecule has 0 atom stereocenters. The summed E-state index contributed by atoms with van der Waals surface area (Å²) in [6.07, 6.45) is 0. The predicted octanol–water partition coefficient (Wildman–Crippen LogP) is 3.56. The zero-order chi connectivity index (χ0) is 14.7. The van der Waals surface area contributed by atoms with Gasteiger partial charge in [-0.2, -0.15) is 0 Å². The number of aryl methyl sites for hydroxylation is 1. The van der Waals surface area contributed by atoms with E-state index in [1.165, 1.54) is 7.05 Å². The van der Waals surface area contributed by atoms with Crippen molar-refractivity contribution in [1.29, 1.82) is 0 Å². The third-order valence-corrected chi connectivity index (χ3v) is 3.29. The van der Waals surface area contributed by atoms with Crippen LogP contribution in [0.2, 0.25) is 5.02 Å². The van der Waals surface area contributed by atoms with Crippen LogP contribution in [0.4, 0.5) is 0 Å². The third kappa shape index (κ3) is 2.89. The van der Waals surface area contributed by atoms with Gasteiger partial charge in [0, 0.05) is 23.2 Å². The van der Waals surface area contributed by atoms with Crippen LogP contribution in [0.1, 0.15) is 26.3 Å². The van der Waals surface area contributed by atoms with Crippen LogP contribution in [0.3, 0.4) is 0 Å². The smallest absolute Gasteiger partial charge is 0.260 e. The van der Waals surface area contributed by atoms with Crippen LogP contribution in [0, 0.1) is 6.92 Å². The summed E-state index contributed by atoms with van der Waals surface area (Å²) in [7, 11) is 1.47. The van der Waals surface area contributed by atoms with Crippen molar-refractivity contribution in [3.05, 3.63) is 70.2 Å². The SMILES string of the molecule is Cc1ccccc1C(=O)N(C)C(=O)c1cccc(Cl)c1. The minimum atomic E-state index is -0.374. The molecule has 0 aliphatic rings. The summed E-state index contributed by atoms with van der Waals surface area (Å²) in [5, 5.41) is 0.465. The quantitative estimate of drug-likeness (QED) is 0.792. The van der Waals surface area contributed by atoms with Gasteiger partial charge in [-0.15, -0.1) is 0 Å². The van der Waals surface area contributed by atoms with E-state index in [9.17, 15) is 9.59 Å². The fourth-order valence-electron chi connectivity index (χ4n) is 1.90. The Labute approximate surface area is 122 Å². The molecule has 0 aromatic heterocycles. The summed E-state index contributed by atoms with van der Waals surface area (Å²) < 4.78 is 0. The molecule has 0 saturated carbocycles. The first-order chi connectivity index (χ1) is 9.50. The van der Waals surface area contributed by atoms with Crippen molar-refractivity contribution >= 4 is 23.4 Å². The topological polar surface area (TPSA) is 37.4 Å². The molecule has 0 aliphatic carbocycles. The van der Waals surface area contributed by atoms with Crippen molar-refractivity contribution in [3.63, 3.8) is 0 Å². The number of benzene rings is 2. The first-order valence-electron chi connectivity index (χ1n) is 6.14. The van der Waals surface area contributed by atoms with Gasteiger partial charge >= 0.3 is 0 Å². The Bertz CT molecular complexity index is 667. The Morgan fingerprint density at radius 3 is 2.35 bits per heavy atom. The van der Waals surface area contributed by atoms with Crippen molar-refractivity contribution in [1.82, 2.24) is 4.90 Å². The lowest BCUT2D eigenvalue weighted by Crippen LogP contribution is -2.33. The van der Waals surface area contributed by atoms with Crippen molar-refractivity contribution < 1.29 is 9.59 Å². The summed E-state index contributed by atoms with van der Waals surface area (Å²) in [6, 6.07) is 13.7. The number of hydrogen-bond acceptors (Lipinski definition) is 2. The number of amides is 2. The molecule has 4 heteroatoms. The Morgan fingerprint density at radius 2 is 1.70 bits per heavy atom. The Morgan fingerprint density at radius 1 is 1.00 bits per heavy atom. The van der Waals surface area contributed by atoms with E-state index in [-0.39, 0.29) is 11.8 Å². The number of rotatable bonds is 2. The largest absolute Gasteiger partial charge is 0.278 e. The van der Waals surface area contributed by atoms with Crippen LogP contribution in [0.15, 0.2) is 48.5 Å². The molecular weight excluding hydrogens is 274 g/mol. The summed E-state index contributed by atoms with van der Waals surface area (Å²) >= 11 is 5.86. The van der Waals surface area contributed by atoms with Gasteiger partial charge in [-0.3, -0.25) is 14.5 Å². The average Bonchev–Trinajstić information content (AvgIpc) is 2.45. The van der Waals surface area contributed by atoms with E-state index in [2.05, 4.69) is 0 Å². The number of halogens is 1. The second-order valence-corrected chi connectivity index (χ2v) is 4.93. The average molecular weight is 288 g/mol. The molecule has 0 N–H and O–H groups in total. The summed E-state index contributed by atoms with van der Waals surface area (Å²) in [6.45, 7) is 1.84. The van der Waals surface area contributed by atoms with E-state index < -0.39 is 0 Å². The molecule has 20 heavy (non-hydrogen) atoms. The number of imide groups is 1. The molecule has 0 heterocycles. The Hall–Kier alpha value is -2.13. The van der Waals surface area contributed by atoms with Crippen LogP contribution in [-0.2, 0) is 0 Å². The van der Waals surface area contributed by atoms with Gasteiger partial charge in [-0.1, -0.05) is 35.9 Å². The zero-order valence-corrected chi connectivity index (χ0v) is 12.0. The number of hydrogen-bond donors (Lipinski definition) is 0. The molecule has 0 fully saturated rings. The molecule has 2 aromatic rings. The highest BCUT2D eigenvalue weighted by molar-refractivity contribution is 6.31. The minimum absolute atomic E-state index is 0.326. The van der Waals surface area contributed by atoms with Crippen molar-refractivity contribution in [3.8, 4) is 0 Å². The first kappa shape index (κ1) is 14.3. The first-order valence-corrected chi connectivity index (χ1v) is 6.52. The number of nitrogens with zero attached hydrogens (tertiary/aromatic N) is 1. The van der Waals surface area contributed by atoms with Crippen LogP contribution in [-0.4, -0.2) is 23.8 Å². The summed E-state index contributed by atoms with van der Waals surface area (Å²) in [5.41, 5.74) is 1.75. The molecule has 2 amide bonds. The van der Waals surface area contributed by atoms with Crippen LogP contribution in [0.5, 0.6) is 0 Å². The maximum atomic E-state index is 12.3. The molecule has 0 aliphatic heterocycles. The van der Waals surface area contributed by atoms with E-state index in [4.69, 9.17) is 11.6 Å². The van der Waals surface area contributed by atoms with E-state index in [1.807, 2.05) is 19.1 Å². The van der Waals surface area contributed by atoms with Gasteiger partial charge < -0.3 is 0 Å². The molecule has 2 rings (SSSR count). The zero-order valence-electron chi connectivity index (χ0n) is 11.3. The van der Waals surface area contributed by atoms with Gasteiger partial charge in [-0.05, 0) is 36.8 Å². The molecule has 0 saturated heterocycles. The van der Waals surface area contributed by atoms with Crippen molar-refractivity contribution in [2.24, 2.45) is 0 Å². The van der Waals surface area contributed by atoms with Gasteiger partial charge in [0.1, 0.15) is 0 Å². The lowest BCUT2D eigenvalue weighted by Gasteiger charge is -2.16. The molecule has 102 valence electrons. The van der Waals surface area contributed by atoms with Gasteiger partial charge in [0.15, 0.2) is 0 Å². The lowest BCUT2D eigenvalue weighted by atomic mass is 10.1. The van der Waals surface area contributed by atoms with Crippen LogP contribution >= 0.6 is 11.6 Å². The van der Waals surface area contributed by atoms with E-state index in [0.29, 0.717) is 16.1 Å². The molecule has 0 radical (unpaired) electrons. The Kier molecular flexibility index (Phi) is 4.20. The maximum Gasteiger partial charge on any atom is 0.260 e. The molecule has 0 unspecified atom stereocenters. The second kappa shape index (κ2) is 5.88. The fraction of sp³-hybridized carbons (Fsp3) is 0.125. The molecule has 0 bridgehead atoms. The summed E-state index contributed by atoms with van der Waals surface area (Å²) in [4.78, 5) is 25.7. The molecular formula is C16H14ClNO2. The monoisotopic (exact) mass is 287 g/mol. The number of carbonyl (C=O) groups excluding carboxylic acids is 2. The molecule has 2 aromatic carbocycles. The van der Waals surface area contributed by atoms with E-state index in [0.717, 1.165) is 10.5 Å². The number of carbonyl (C=O) groups is 2. The van der Waals surface area contributed by atoms with Gasteiger partial charge in [0.2, 0.25) is 0 Å². The van der Waals surface area contributed by atoms with Crippen LogP contribution < -0.4 is 0 Å². The van der Waals surface area contributed by atoms with Gasteiger partial charge in [-0.25, -0.2) is 0 Å². The highest BCUT2D eigenvalue weighted by atomic mass is 35.5. The fourth-order valence-corrected chi connectivity index (χ4v) is 2.09. The molecule has 0 spiro atoms. The third-order valence-electron chi connectivity index (χ3n) is 3.06.